The molecule has 25 heavy (non-hydrogen) atoms. The Labute approximate surface area is 157 Å². The number of piperazine rings is 1. The van der Waals surface area contributed by atoms with E-state index >= 15 is 0 Å². The Morgan fingerprint density at radius 2 is 1.84 bits per heavy atom. The summed E-state index contributed by atoms with van der Waals surface area (Å²) in [5.41, 5.74) is 1.34. The third-order valence-electron chi connectivity index (χ3n) is 4.03. The molecule has 0 N–H and O–H groups in total. The molecule has 0 aliphatic carbocycles. The van der Waals surface area contributed by atoms with Crippen LogP contribution in [0.5, 0.6) is 0 Å². The van der Waals surface area contributed by atoms with Gasteiger partial charge in [0.1, 0.15) is 5.15 Å². The Balaban J connectivity index is 1.66. The first-order chi connectivity index (χ1) is 12.0. The summed E-state index contributed by atoms with van der Waals surface area (Å²) < 4.78 is 0.699. The minimum Gasteiger partial charge on any atom is -0.368 e. The summed E-state index contributed by atoms with van der Waals surface area (Å²) >= 11 is 9.33. The molecule has 0 bridgehead atoms. The molecule has 1 aliphatic rings. The van der Waals surface area contributed by atoms with Crippen LogP contribution >= 0.6 is 27.5 Å². The third-order valence-corrected chi connectivity index (χ3v) is 4.76. The lowest BCUT2D eigenvalue weighted by Crippen LogP contribution is -2.48. The molecule has 1 saturated heterocycles. The maximum atomic E-state index is 12.6. The lowest BCUT2D eigenvalue weighted by Gasteiger charge is -2.36. The number of anilines is 1. The number of rotatable bonds is 3. The van der Waals surface area contributed by atoms with Gasteiger partial charge < -0.3 is 9.80 Å². The van der Waals surface area contributed by atoms with E-state index in [0.29, 0.717) is 36.2 Å². The number of halogens is 2. The molecule has 0 saturated carbocycles. The van der Waals surface area contributed by atoms with E-state index < -0.39 is 4.92 Å². The monoisotopic (exact) mass is 424 g/mol. The maximum absolute atomic E-state index is 12.6. The minimum atomic E-state index is -0.420. The van der Waals surface area contributed by atoms with Gasteiger partial charge in [0, 0.05) is 54.7 Å². The maximum Gasteiger partial charge on any atom is 0.269 e. The number of benzene rings is 1. The molecule has 3 rings (SSSR count). The number of hydrogen-bond acceptors (Lipinski definition) is 5. The van der Waals surface area contributed by atoms with Crippen LogP contribution in [0.15, 0.2) is 41.0 Å². The highest BCUT2D eigenvalue weighted by atomic mass is 79.9. The van der Waals surface area contributed by atoms with Gasteiger partial charge in [0.2, 0.25) is 0 Å². The zero-order chi connectivity index (χ0) is 18.0. The second-order valence-corrected chi connectivity index (χ2v) is 6.82. The second-order valence-electron chi connectivity index (χ2n) is 5.54. The number of nitro benzene ring substituents is 1. The van der Waals surface area contributed by atoms with Gasteiger partial charge in [0.15, 0.2) is 0 Å². The predicted octanol–water partition coefficient (Wildman–Crippen LogP) is 3.37. The van der Waals surface area contributed by atoms with Crippen LogP contribution in [-0.4, -0.2) is 46.9 Å². The van der Waals surface area contributed by atoms with Gasteiger partial charge in [-0.3, -0.25) is 14.9 Å². The standard InChI is InChI=1S/C16H14BrClN4O3/c17-11-9-14(15(18)19-10-11)16(23)21-7-5-20(6-8-21)12-1-3-13(4-2-12)22(24)25/h1-4,9-10H,5-8H2. The molecule has 9 heteroatoms. The van der Waals surface area contributed by atoms with Crippen molar-refractivity contribution in [2.75, 3.05) is 31.1 Å². The van der Waals surface area contributed by atoms with Crippen molar-refractivity contribution in [1.29, 1.82) is 0 Å². The summed E-state index contributed by atoms with van der Waals surface area (Å²) in [6.45, 7) is 2.36. The molecule has 2 heterocycles. The predicted molar refractivity (Wildman–Crippen MR) is 98.2 cm³/mol. The normalized spacial score (nSPS) is 14.5. The highest BCUT2D eigenvalue weighted by molar-refractivity contribution is 9.10. The van der Waals surface area contributed by atoms with Crippen molar-refractivity contribution in [3.63, 3.8) is 0 Å². The van der Waals surface area contributed by atoms with E-state index in [0.717, 1.165) is 5.69 Å². The van der Waals surface area contributed by atoms with Gasteiger partial charge in [-0.05, 0) is 34.1 Å². The number of non-ortho nitro benzene ring substituents is 1. The van der Waals surface area contributed by atoms with E-state index in [4.69, 9.17) is 11.6 Å². The number of nitro groups is 1. The molecule has 1 amide bonds. The van der Waals surface area contributed by atoms with Crippen molar-refractivity contribution in [2.45, 2.75) is 0 Å². The van der Waals surface area contributed by atoms with E-state index in [1.54, 1.807) is 29.3 Å². The van der Waals surface area contributed by atoms with Gasteiger partial charge in [-0.1, -0.05) is 11.6 Å². The van der Waals surface area contributed by atoms with Crippen LogP contribution in [0.4, 0.5) is 11.4 Å². The molecule has 0 atom stereocenters. The summed E-state index contributed by atoms with van der Waals surface area (Å²) in [6, 6.07) is 8.09. The van der Waals surface area contributed by atoms with Crippen LogP contribution in [-0.2, 0) is 0 Å². The van der Waals surface area contributed by atoms with E-state index in [2.05, 4.69) is 25.8 Å². The Morgan fingerprint density at radius 3 is 2.44 bits per heavy atom. The molecule has 0 spiro atoms. The van der Waals surface area contributed by atoms with Crippen molar-refractivity contribution < 1.29 is 9.72 Å². The molecule has 130 valence electrons. The Bertz CT molecular complexity index is 808. The summed E-state index contributed by atoms with van der Waals surface area (Å²) in [7, 11) is 0. The Kier molecular flexibility index (Phi) is 5.19. The van der Waals surface area contributed by atoms with Crippen molar-refractivity contribution >= 4 is 44.8 Å². The highest BCUT2D eigenvalue weighted by Crippen LogP contribution is 2.23. The molecule has 1 aromatic heterocycles. The number of amides is 1. The van der Waals surface area contributed by atoms with Crippen LogP contribution < -0.4 is 4.90 Å². The fraction of sp³-hybridized carbons (Fsp3) is 0.250. The van der Waals surface area contributed by atoms with E-state index in [-0.39, 0.29) is 16.7 Å². The first-order valence-corrected chi connectivity index (χ1v) is 8.72. The van der Waals surface area contributed by atoms with Crippen LogP contribution in [0.25, 0.3) is 0 Å². The van der Waals surface area contributed by atoms with Crippen molar-refractivity contribution in [2.24, 2.45) is 0 Å². The molecule has 0 radical (unpaired) electrons. The van der Waals surface area contributed by atoms with Crippen molar-refractivity contribution in [3.05, 3.63) is 61.8 Å². The first-order valence-electron chi connectivity index (χ1n) is 7.55. The average Bonchev–Trinajstić information content (AvgIpc) is 2.63. The first kappa shape index (κ1) is 17.6. The van der Waals surface area contributed by atoms with E-state index in [9.17, 15) is 14.9 Å². The SMILES string of the molecule is O=C(c1cc(Br)cnc1Cl)N1CCN(c2ccc([N+](=O)[O-])cc2)CC1. The number of hydrogen-bond donors (Lipinski definition) is 0. The van der Waals surface area contributed by atoms with Crippen molar-refractivity contribution in [3.8, 4) is 0 Å². The van der Waals surface area contributed by atoms with E-state index in [1.807, 2.05) is 0 Å². The zero-order valence-electron chi connectivity index (χ0n) is 13.1. The molecule has 1 aliphatic heterocycles. The number of aromatic nitrogens is 1. The topological polar surface area (TPSA) is 79.6 Å². The molecular formula is C16H14BrClN4O3. The van der Waals surface area contributed by atoms with E-state index in [1.165, 1.54) is 12.1 Å². The molecular weight excluding hydrogens is 412 g/mol. The van der Waals surface area contributed by atoms with Gasteiger partial charge in [-0.25, -0.2) is 4.98 Å². The van der Waals surface area contributed by atoms with Gasteiger partial charge in [-0.2, -0.15) is 0 Å². The fourth-order valence-electron chi connectivity index (χ4n) is 2.70. The van der Waals surface area contributed by atoms with Crippen LogP contribution in [0, 0.1) is 10.1 Å². The van der Waals surface area contributed by atoms with Crippen LogP contribution in [0.2, 0.25) is 5.15 Å². The third kappa shape index (κ3) is 3.91. The summed E-state index contributed by atoms with van der Waals surface area (Å²) in [6.07, 6.45) is 1.55. The van der Waals surface area contributed by atoms with Crippen LogP contribution in [0.1, 0.15) is 10.4 Å². The minimum absolute atomic E-state index is 0.0642. The lowest BCUT2D eigenvalue weighted by molar-refractivity contribution is -0.384. The van der Waals surface area contributed by atoms with Gasteiger partial charge >= 0.3 is 0 Å². The summed E-state index contributed by atoms with van der Waals surface area (Å²) in [4.78, 5) is 30.7. The lowest BCUT2D eigenvalue weighted by atomic mass is 10.2. The largest absolute Gasteiger partial charge is 0.368 e. The fourth-order valence-corrected chi connectivity index (χ4v) is 3.21. The molecule has 1 fully saturated rings. The molecule has 2 aromatic rings. The summed E-state index contributed by atoms with van der Waals surface area (Å²) in [5, 5.41) is 10.9. The molecule has 7 nitrogen and oxygen atoms in total. The number of carbonyl (C=O) groups excluding carboxylic acids is 1. The van der Waals surface area contributed by atoms with Crippen molar-refractivity contribution in [1.82, 2.24) is 9.88 Å². The van der Waals surface area contributed by atoms with Gasteiger partial charge in [0.25, 0.3) is 11.6 Å². The number of pyridine rings is 1. The van der Waals surface area contributed by atoms with Gasteiger partial charge in [0.05, 0.1) is 10.5 Å². The van der Waals surface area contributed by atoms with Crippen LogP contribution in [0.3, 0.4) is 0 Å². The Hall–Kier alpha value is -2.19. The zero-order valence-corrected chi connectivity index (χ0v) is 15.4. The summed E-state index contributed by atoms with van der Waals surface area (Å²) in [5.74, 6) is -0.151. The quantitative estimate of drug-likeness (QED) is 0.428. The molecule has 0 unspecified atom stereocenters. The molecule has 1 aromatic carbocycles. The average molecular weight is 426 g/mol. The number of nitrogens with zero attached hydrogens (tertiary/aromatic N) is 4. The highest BCUT2D eigenvalue weighted by Gasteiger charge is 2.24. The second kappa shape index (κ2) is 7.37. The number of carbonyl (C=O) groups is 1. The van der Waals surface area contributed by atoms with Gasteiger partial charge in [-0.15, -0.1) is 0 Å². The Morgan fingerprint density at radius 1 is 1.20 bits per heavy atom. The smallest absolute Gasteiger partial charge is 0.269 e.